The van der Waals surface area contributed by atoms with E-state index in [9.17, 15) is 9.90 Å². The lowest BCUT2D eigenvalue weighted by atomic mass is 9.81. The van der Waals surface area contributed by atoms with Crippen molar-refractivity contribution in [3.05, 3.63) is 20.3 Å². The Bertz CT molecular complexity index is 519. The first-order valence-electron chi connectivity index (χ1n) is 6.41. The molecular weight excluding hydrogens is 305 g/mol. The molecule has 1 saturated carbocycles. The van der Waals surface area contributed by atoms with Gasteiger partial charge in [-0.3, -0.25) is 9.69 Å². The molecule has 1 aliphatic heterocycles. The highest BCUT2D eigenvalue weighted by atomic mass is 35.5. The van der Waals surface area contributed by atoms with Crippen molar-refractivity contribution in [3.8, 4) is 0 Å². The third kappa shape index (κ3) is 2.29. The van der Waals surface area contributed by atoms with E-state index in [2.05, 4.69) is 4.90 Å². The highest BCUT2D eigenvalue weighted by Crippen LogP contribution is 2.49. The first-order chi connectivity index (χ1) is 9.01. The van der Waals surface area contributed by atoms with Crippen molar-refractivity contribution in [2.45, 2.75) is 25.8 Å². The lowest BCUT2D eigenvalue weighted by molar-refractivity contribution is -0.149. The van der Waals surface area contributed by atoms with Crippen LogP contribution in [0.25, 0.3) is 0 Å². The van der Waals surface area contributed by atoms with Crippen LogP contribution in [0.1, 0.15) is 24.8 Å². The smallest absolute Gasteiger partial charge is 0.311 e. The van der Waals surface area contributed by atoms with Gasteiger partial charge in [0.25, 0.3) is 0 Å². The van der Waals surface area contributed by atoms with Crippen LogP contribution in [-0.2, 0) is 11.3 Å². The topological polar surface area (TPSA) is 40.5 Å². The summed E-state index contributed by atoms with van der Waals surface area (Å²) in [4.78, 5) is 13.8. The summed E-state index contributed by atoms with van der Waals surface area (Å²) in [5, 5.41) is 9.54. The van der Waals surface area contributed by atoms with E-state index in [1.54, 1.807) is 0 Å². The lowest BCUT2D eigenvalue weighted by Gasteiger charge is -2.23. The molecule has 0 bridgehead atoms. The van der Waals surface area contributed by atoms with E-state index in [0.717, 1.165) is 31.4 Å². The average Bonchev–Trinajstić information content (AvgIpc) is 2.92. The second-order valence-electron chi connectivity index (χ2n) is 5.57. The van der Waals surface area contributed by atoms with Crippen LogP contribution >= 0.6 is 34.5 Å². The molecule has 0 amide bonds. The molecule has 2 heterocycles. The maximum atomic E-state index is 11.6. The van der Waals surface area contributed by atoms with Gasteiger partial charge >= 0.3 is 5.97 Å². The molecule has 1 aliphatic carbocycles. The molecular formula is C13H15Cl2NO2S. The number of carboxylic acids is 1. The Morgan fingerprint density at radius 3 is 2.95 bits per heavy atom. The number of likely N-dealkylation sites (tertiary alicyclic amines) is 1. The largest absolute Gasteiger partial charge is 0.481 e. The average molecular weight is 320 g/mol. The fourth-order valence-electron chi connectivity index (χ4n) is 3.59. The van der Waals surface area contributed by atoms with Crippen LogP contribution in [-0.4, -0.2) is 29.1 Å². The summed E-state index contributed by atoms with van der Waals surface area (Å²) in [5.74, 6) is -0.343. The summed E-state index contributed by atoms with van der Waals surface area (Å²) in [6.07, 6.45) is 2.87. The van der Waals surface area contributed by atoms with Crippen molar-refractivity contribution in [2.24, 2.45) is 11.3 Å². The molecule has 0 radical (unpaired) electrons. The number of hydrogen-bond donors (Lipinski definition) is 1. The summed E-state index contributed by atoms with van der Waals surface area (Å²) in [5.41, 5.74) is 0.490. The molecule has 3 nitrogen and oxygen atoms in total. The number of halogens is 2. The van der Waals surface area contributed by atoms with E-state index in [0.29, 0.717) is 21.8 Å². The van der Waals surface area contributed by atoms with Gasteiger partial charge in [0.1, 0.15) is 0 Å². The van der Waals surface area contributed by atoms with Crippen LogP contribution in [0.3, 0.4) is 0 Å². The molecule has 19 heavy (non-hydrogen) atoms. The number of rotatable bonds is 3. The van der Waals surface area contributed by atoms with Crippen molar-refractivity contribution in [2.75, 3.05) is 13.1 Å². The molecule has 2 fully saturated rings. The second kappa shape index (κ2) is 4.92. The molecule has 104 valence electrons. The predicted octanol–water partition coefficient (Wildman–Crippen LogP) is 3.74. The van der Waals surface area contributed by atoms with Gasteiger partial charge in [-0.25, -0.2) is 0 Å². The van der Waals surface area contributed by atoms with Gasteiger partial charge in [-0.2, -0.15) is 0 Å². The lowest BCUT2D eigenvalue weighted by Crippen LogP contribution is -2.35. The Morgan fingerprint density at radius 1 is 1.58 bits per heavy atom. The van der Waals surface area contributed by atoms with Crippen molar-refractivity contribution >= 4 is 40.5 Å². The standard InChI is InChI=1S/C13H15Cl2NO2S/c14-10-4-8(11(15)19-10)5-16-6-9-2-1-3-13(9,7-16)12(17)18/h4,9H,1-3,5-7H2,(H,17,18)/t9-,13+/m0/s1. The van der Waals surface area contributed by atoms with Crippen LogP contribution in [0.2, 0.25) is 8.67 Å². The van der Waals surface area contributed by atoms with Crippen molar-refractivity contribution in [1.82, 2.24) is 4.90 Å². The van der Waals surface area contributed by atoms with Crippen LogP contribution < -0.4 is 0 Å². The molecule has 6 heteroatoms. The minimum Gasteiger partial charge on any atom is -0.481 e. The van der Waals surface area contributed by atoms with Crippen LogP contribution in [0.4, 0.5) is 0 Å². The van der Waals surface area contributed by atoms with Gasteiger partial charge in [0.15, 0.2) is 0 Å². The van der Waals surface area contributed by atoms with Gasteiger partial charge in [-0.15, -0.1) is 11.3 Å². The van der Waals surface area contributed by atoms with E-state index >= 15 is 0 Å². The summed E-state index contributed by atoms with van der Waals surface area (Å²) < 4.78 is 1.40. The Hall–Kier alpha value is -0.290. The zero-order valence-electron chi connectivity index (χ0n) is 10.4. The third-order valence-electron chi connectivity index (χ3n) is 4.49. The number of carboxylic acid groups (broad SMARTS) is 1. The molecule has 2 aliphatic rings. The molecule has 0 aromatic carbocycles. The number of nitrogens with zero attached hydrogens (tertiary/aromatic N) is 1. The van der Waals surface area contributed by atoms with Crippen LogP contribution in [0.5, 0.6) is 0 Å². The van der Waals surface area contributed by atoms with Crippen LogP contribution in [0.15, 0.2) is 6.07 Å². The Balaban J connectivity index is 1.76. The van der Waals surface area contributed by atoms with Gasteiger partial charge in [0.05, 0.1) is 14.1 Å². The number of aliphatic carboxylic acids is 1. The molecule has 1 aromatic heterocycles. The zero-order valence-corrected chi connectivity index (χ0v) is 12.7. The number of hydrogen-bond acceptors (Lipinski definition) is 3. The molecule has 2 atom stereocenters. The zero-order chi connectivity index (χ0) is 13.6. The van der Waals surface area contributed by atoms with Gasteiger partial charge < -0.3 is 5.11 Å². The van der Waals surface area contributed by atoms with Gasteiger partial charge in [-0.1, -0.05) is 29.6 Å². The minimum atomic E-state index is -0.632. The van der Waals surface area contributed by atoms with Crippen molar-refractivity contribution in [1.29, 1.82) is 0 Å². The second-order valence-corrected chi connectivity index (χ2v) is 7.86. The Kier molecular flexibility index (Phi) is 3.54. The Morgan fingerprint density at radius 2 is 2.37 bits per heavy atom. The molecule has 3 rings (SSSR count). The summed E-state index contributed by atoms with van der Waals surface area (Å²) in [7, 11) is 0. The molecule has 1 N–H and O–H groups in total. The van der Waals surface area contributed by atoms with E-state index < -0.39 is 11.4 Å². The van der Waals surface area contributed by atoms with Crippen LogP contribution in [0, 0.1) is 11.3 Å². The summed E-state index contributed by atoms with van der Waals surface area (Å²) >= 11 is 13.4. The van der Waals surface area contributed by atoms with Crippen molar-refractivity contribution in [3.63, 3.8) is 0 Å². The quantitative estimate of drug-likeness (QED) is 0.922. The fraction of sp³-hybridized carbons (Fsp3) is 0.615. The highest BCUT2D eigenvalue weighted by Gasteiger charge is 2.54. The Labute approximate surface area is 126 Å². The molecule has 1 aromatic rings. The number of carbonyl (C=O) groups is 1. The van der Waals surface area contributed by atoms with Crippen molar-refractivity contribution < 1.29 is 9.90 Å². The molecule has 0 spiro atoms. The monoisotopic (exact) mass is 319 g/mol. The van der Waals surface area contributed by atoms with E-state index in [1.165, 1.54) is 11.3 Å². The summed E-state index contributed by atoms with van der Waals surface area (Å²) in [6.45, 7) is 2.19. The van der Waals surface area contributed by atoms with E-state index in [1.807, 2.05) is 6.07 Å². The maximum absolute atomic E-state index is 11.6. The van der Waals surface area contributed by atoms with Gasteiger partial charge in [0, 0.05) is 19.6 Å². The predicted molar refractivity (Wildman–Crippen MR) is 77.0 cm³/mol. The van der Waals surface area contributed by atoms with E-state index in [-0.39, 0.29) is 5.92 Å². The minimum absolute atomic E-state index is 0.290. The van der Waals surface area contributed by atoms with Gasteiger partial charge in [-0.05, 0) is 30.4 Å². The first-order valence-corrected chi connectivity index (χ1v) is 7.98. The van der Waals surface area contributed by atoms with E-state index in [4.69, 9.17) is 23.2 Å². The normalized spacial score (nSPS) is 30.7. The maximum Gasteiger partial charge on any atom is 0.311 e. The summed E-state index contributed by atoms with van der Waals surface area (Å²) in [6, 6.07) is 1.89. The number of thiophene rings is 1. The fourth-order valence-corrected chi connectivity index (χ4v) is 5.06. The van der Waals surface area contributed by atoms with Gasteiger partial charge in [0.2, 0.25) is 0 Å². The SMILES string of the molecule is O=C(O)[C@@]12CCC[C@H]1CN(Cc1cc(Cl)sc1Cl)C2. The molecule has 1 saturated heterocycles. The molecule has 0 unspecified atom stereocenters. The highest BCUT2D eigenvalue weighted by molar-refractivity contribution is 7.20. The third-order valence-corrected chi connectivity index (χ3v) is 6.06. The number of fused-ring (bicyclic) bond motifs is 1. The first kappa shape index (κ1) is 13.7.